The van der Waals surface area contributed by atoms with E-state index in [1.807, 2.05) is 48.5 Å². The molecule has 0 bridgehead atoms. The number of anilines is 3. The molecule has 1 saturated heterocycles. The molecule has 1 aliphatic heterocycles. The second-order valence-corrected chi connectivity index (χ2v) is 5.72. The van der Waals surface area contributed by atoms with Gasteiger partial charge in [-0.15, -0.1) is 0 Å². The highest BCUT2D eigenvalue weighted by molar-refractivity contribution is 5.97. The molecule has 132 valence electrons. The smallest absolute Gasteiger partial charge is 0.243 e. The molecule has 2 aromatic carbocycles. The Labute approximate surface area is 147 Å². The van der Waals surface area contributed by atoms with Crippen molar-refractivity contribution in [3.63, 3.8) is 0 Å². The summed E-state index contributed by atoms with van der Waals surface area (Å²) >= 11 is 0. The lowest BCUT2D eigenvalue weighted by molar-refractivity contribution is -0.114. The van der Waals surface area contributed by atoms with Crippen LogP contribution >= 0.6 is 0 Å². The number of hydrogen-bond donors (Lipinski definition) is 2. The van der Waals surface area contributed by atoms with Crippen LogP contribution in [0.5, 0.6) is 5.75 Å². The molecule has 25 heavy (non-hydrogen) atoms. The number of nitrogens with one attached hydrogen (secondary N) is 2. The predicted octanol–water partition coefficient (Wildman–Crippen LogP) is 2.58. The Hall–Kier alpha value is -2.73. The number of carbonyl (C=O) groups is 1. The SMILES string of the molecule is COc1ccccc1NCC(=O)Nc1ccccc1N1CCOCC1. The molecule has 0 saturated carbocycles. The third kappa shape index (κ3) is 4.42. The Morgan fingerprint density at radius 1 is 1.08 bits per heavy atom. The van der Waals surface area contributed by atoms with E-state index in [1.54, 1.807) is 7.11 Å². The van der Waals surface area contributed by atoms with Gasteiger partial charge in [-0.1, -0.05) is 24.3 Å². The van der Waals surface area contributed by atoms with E-state index in [1.165, 1.54) is 0 Å². The summed E-state index contributed by atoms with van der Waals surface area (Å²) in [4.78, 5) is 14.6. The van der Waals surface area contributed by atoms with Crippen LogP contribution in [0.1, 0.15) is 0 Å². The van der Waals surface area contributed by atoms with E-state index in [2.05, 4.69) is 15.5 Å². The lowest BCUT2D eigenvalue weighted by Crippen LogP contribution is -2.37. The van der Waals surface area contributed by atoms with Gasteiger partial charge in [0.15, 0.2) is 0 Å². The Kier molecular flexibility index (Phi) is 5.74. The number of amides is 1. The molecule has 1 fully saturated rings. The van der Waals surface area contributed by atoms with Gasteiger partial charge < -0.3 is 25.0 Å². The summed E-state index contributed by atoms with van der Waals surface area (Å²) in [5.74, 6) is 0.607. The van der Waals surface area contributed by atoms with Crippen molar-refractivity contribution in [2.45, 2.75) is 0 Å². The van der Waals surface area contributed by atoms with Gasteiger partial charge in [-0.3, -0.25) is 4.79 Å². The first-order valence-electron chi connectivity index (χ1n) is 8.36. The monoisotopic (exact) mass is 341 g/mol. The fourth-order valence-electron chi connectivity index (χ4n) is 2.82. The van der Waals surface area contributed by atoms with Crippen molar-refractivity contribution >= 4 is 23.0 Å². The van der Waals surface area contributed by atoms with E-state index in [0.717, 1.165) is 30.2 Å². The quantitative estimate of drug-likeness (QED) is 0.846. The number of nitrogens with zero attached hydrogens (tertiary/aromatic N) is 1. The van der Waals surface area contributed by atoms with Crippen LogP contribution < -0.4 is 20.3 Å². The lowest BCUT2D eigenvalue weighted by atomic mass is 10.2. The summed E-state index contributed by atoms with van der Waals surface area (Å²) in [5.41, 5.74) is 2.63. The molecule has 6 nitrogen and oxygen atoms in total. The van der Waals surface area contributed by atoms with Crippen molar-refractivity contribution in [2.75, 3.05) is 55.5 Å². The predicted molar refractivity (Wildman–Crippen MR) is 99.6 cm³/mol. The van der Waals surface area contributed by atoms with Gasteiger partial charge in [-0.2, -0.15) is 0 Å². The van der Waals surface area contributed by atoms with Crippen LogP contribution in [0.2, 0.25) is 0 Å². The van der Waals surface area contributed by atoms with Crippen molar-refractivity contribution in [3.05, 3.63) is 48.5 Å². The van der Waals surface area contributed by atoms with Gasteiger partial charge in [0.25, 0.3) is 0 Å². The number of rotatable bonds is 6. The third-order valence-electron chi connectivity index (χ3n) is 4.08. The van der Waals surface area contributed by atoms with Crippen molar-refractivity contribution in [1.82, 2.24) is 0 Å². The summed E-state index contributed by atoms with van der Waals surface area (Å²) in [6, 6.07) is 15.4. The molecule has 0 aliphatic carbocycles. The van der Waals surface area contributed by atoms with Crippen LogP contribution in [0, 0.1) is 0 Å². The Morgan fingerprint density at radius 2 is 1.76 bits per heavy atom. The summed E-state index contributed by atoms with van der Waals surface area (Å²) in [7, 11) is 1.61. The number of hydrogen-bond acceptors (Lipinski definition) is 5. The molecule has 3 rings (SSSR count). The highest BCUT2D eigenvalue weighted by Gasteiger charge is 2.15. The largest absolute Gasteiger partial charge is 0.495 e. The molecule has 2 aromatic rings. The van der Waals surface area contributed by atoms with Crippen molar-refractivity contribution in [3.8, 4) is 5.75 Å². The standard InChI is InChI=1S/C19H23N3O3/c1-24-18-9-5-3-7-16(18)20-14-19(23)21-15-6-2-4-8-17(15)22-10-12-25-13-11-22/h2-9,20H,10-14H2,1H3,(H,21,23). The Balaban J connectivity index is 1.63. The fraction of sp³-hybridized carbons (Fsp3) is 0.316. The van der Waals surface area contributed by atoms with Crippen molar-refractivity contribution < 1.29 is 14.3 Å². The molecular weight excluding hydrogens is 318 g/mol. The van der Waals surface area contributed by atoms with E-state index >= 15 is 0 Å². The number of benzene rings is 2. The molecule has 1 aliphatic rings. The van der Waals surface area contributed by atoms with Gasteiger partial charge in [0.05, 0.1) is 43.9 Å². The second kappa shape index (κ2) is 8.39. The zero-order valence-corrected chi connectivity index (χ0v) is 14.3. The molecule has 2 N–H and O–H groups in total. The average molecular weight is 341 g/mol. The number of ether oxygens (including phenoxy) is 2. The van der Waals surface area contributed by atoms with Crippen LogP contribution in [0.25, 0.3) is 0 Å². The van der Waals surface area contributed by atoms with Gasteiger partial charge in [0, 0.05) is 13.1 Å². The maximum atomic E-state index is 12.4. The van der Waals surface area contributed by atoms with Crippen molar-refractivity contribution in [1.29, 1.82) is 0 Å². The fourth-order valence-corrected chi connectivity index (χ4v) is 2.82. The molecular formula is C19H23N3O3. The first-order chi connectivity index (χ1) is 12.3. The van der Waals surface area contributed by atoms with Crippen LogP contribution in [0.3, 0.4) is 0 Å². The average Bonchev–Trinajstić information content (AvgIpc) is 2.67. The maximum Gasteiger partial charge on any atom is 0.243 e. The topological polar surface area (TPSA) is 62.8 Å². The van der Waals surface area contributed by atoms with Crippen molar-refractivity contribution in [2.24, 2.45) is 0 Å². The number of morpholine rings is 1. The summed E-state index contributed by atoms with van der Waals surface area (Å²) in [6.45, 7) is 3.23. The lowest BCUT2D eigenvalue weighted by Gasteiger charge is -2.30. The van der Waals surface area contributed by atoms with Gasteiger partial charge in [0.2, 0.25) is 5.91 Å². The highest BCUT2D eigenvalue weighted by atomic mass is 16.5. The summed E-state index contributed by atoms with van der Waals surface area (Å²) in [5, 5.41) is 6.10. The minimum atomic E-state index is -0.105. The molecule has 6 heteroatoms. The molecule has 0 unspecified atom stereocenters. The molecule has 0 radical (unpaired) electrons. The van der Waals surface area contributed by atoms with Crippen LogP contribution in [-0.4, -0.2) is 45.9 Å². The van der Waals surface area contributed by atoms with E-state index in [0.29, 0.717) is 19.0 Å². The van der Waals surface area contributed by atoms with Gasteiger partial charge in [-0.25, -0.2) is 0 Å². The van der Waals surface area contributed by atoms with E-state index in [4.69, 9.17) is 9.47 Å². The normalized spacial score (nSPS) is 14.0. The van der Waals surface area contributed by atoms with E-state index in [9.17, 15) is 4.79 Å². The van der Waals surface area contributed by atoms with E-state index < -0.39 is 0 Å². The summed E-state index contributed by atoms with van der Waals surface area (Å²) in [6.07, 6.45) is 0. The number of carbonyl (C=O) groups excluding carboxylic acids is 1. The molecule has 0 atom stereocenters. The van der Waals surface area contributed by atoms with Gasteiger partial charge >= 0.3 is 0 Å². The molecule has 0 aromatic heterocycles. The van der Waals surface area contributed by atoms with E-state index in [-0.39, 0.29) is 12.5 Å². The zero-order valence-electron chi connectivity index (χ0n) is 14.3. The van der Waals surface area contributed by atoms with Crippen LogP contribution in [0.15, 0.2) is 48.5 Å². The summed E-state index contributed by atoms with van der Waals surface area (Å²) < 4.78 is 10.7. The first-order valence-corrected chi connectivity index (χ1v) is 8.36. The molecule has 1 amide bonds. The van der Waals surface area contributed by atoms with Crippen LogP contribution in [0.4, 0.5) is 17.1 Å². The molecule has 1 heterocycles. The number of methoxy groups -OCH3 is 1. The minimum absolute atomic E-state index is 0.105. The van der Waals surface area contributed by atoms with Gasteiger partial charge in [-0.05, 0) is 24.3 Å². The first kappa shape index (κ1) is 17.1. The third-order valence-corrected chi connectivity index (χ3v) is 4.08. The van der Waals surface area contributed by atoms with Gasteiger partial charge in [0.1, 0.15) is 5.75 Å². The Morgan fingerprint density at radius 3 is 2.52 bits per heavy atom. The van der Waals surface area contributed by atoms with Crippen LogP contribution in [-0.2, 0) is 9.53 Å². The minimum Gasteiger partial charge on any atom is -0.495 e. The molecule has 0 spiro atoms. The highest BCUT2D eigenvalue weighted by Crippen LogP contribution is 2.26. The Bertz CT molecular complexity index is 715. The number of para-hydroxylation sites is 4. The zero-order chi connectivity index (χ0) is 17.5. The maximum absolute atomic E-state index is 12.4. The second-order valence-electron chi connectivity index (χ2n) is 5.72.